The van der Waals surface area contributed by atoms with E-state index in [4.69, 9.17) is 0 Å². The molecule has 1 aromatic heterocycles. The van der Waals surface area contributed by atoms with Gasteiger partial charge in [0.2, 0.25) is 15.9 Å². The van der Waals surface area contributed by atoms with Crippen molar-refractivity contribution < 1.29 is 13.2 Å². The summed E-state index contributed by atoms with van der Waals surface area (Å²) < 4.78 is 31.6. The molecule has 1 fully saturated rings. The van der Waals surface area contributed by atoms with Crippen LogP contribution in [-0.2, 0) is 35.3 Å². The molecule has 2 aromatic carbocycles. The number of nitrogens with one attached hydrogen (secondary N) is 2. The van der Waals surface area contributed by atoms with Gasteiger partial charge in [-0.15, -0.1) is 0 Å². The summed E-state index contributed by atoms with van der Waals surface area (Å²) in [5.41, 5.74) is 0.0559. The number of hydrogen-bond acceptors (Lipinski definition) is 5. The summed E-state index contributed by atoms with van der Waals surface area (Å²) in [7, 11) is -1.30. The first-order valence-corrected chi connectivity index (χ1v) is 13.6. The molecule has 1 unspecified atom stereocenters. The lowest BCUT2D eigenvalue weighted by molar-refractivity contribution is -0.123. The highest BCUT2D eigenvalue weighted by atomic mass is 32.2. The van der Waals surface area contributed by atoms with Crippen LogP contribution in [0.3, 0.4) is 0 Å². The first-order chi connectivity index (χ1) is 17.1. The van der Waals surface area contributed by atoms with Crippen LogP contribution in [-0.4, -0.2) is 35.5 Å². The van der Waals surface area contributed by atoms with Crippen molar-refractivity contribution in [3.05, 3.63) is 74.9 Å². The summed E-state index contributed by atoms with van der Waals surface area (Å²) in [5.74, 6) is 0.248. The number of amides is 1. The van der Waals surface area contributed by atoms with Gasteiger partial charge in [-0.3, -0.25) is 18.7 Å². The van der Waals surface area contributed by atoms with Crippen molar-refractivity contribution in [2.75, 3.05) is 0 Å². The summed E-state index contributed by atoms with van der Waals surface area (Å²) in [6.45, 7) is 2.19. The van der Waals surface area contributed by atoms with E-state index in [2.05, 4.69) is 17.0 Å². The quantitative estimate of drug-likeness (QED) is 0.501. The Morgan fingerprint density at radius 2 is 1.67 bits per heavy atom. The minimum absolute atomic E-state index is 0.0152. The molecular weight excluding hydrogens is 480 g/mol. The molecule has 0 spiro atoms. The third-order valence-electron chi connectivity index (χ3n) is 7.01. The highest BCUT2D eigenvalue weighted by molar-refractivity contribution is 7.89. The molecule has 1 heterocycles. The summed E-state index contributed by atoms with van der Waals surface area (Å²) in [6.07, 6.45) is 3.96. The largest absolute Gasteiger partial charge is 0.352 e. The minimum atomic E-state index is -4.16. The van der Waals surface area contributed by atoms with Gasteiger partial charge in [-0.2, -0.15) is 4.72 Å². The molecule has 0 saturated heterocycles. The molecule has 0 radical (unpaired) electrons. The van der Waals surface area contributed by atoms with Gasteiger partial charge in [0, 0.05) is 20.1 Å². The van der Waals surface area contributed by atoms with Gasteiger partial charge >= 0.3 is 5.69 Å². The molecule has 1 atom stereocenters. The minimum Gasteiger partial charge on any atom is -0.352 e. The predicted octanol–water partition coefficient (Wildman–Crippen LogP) is 1.82. The molecule has 0 aliphatic heterocycles. The predicted molar refractivity (Wildman–Crippen MR) is 138 cm³/mol. The monoisotopic (exact) mass is 512 g/mol. The maximum atomic E-state index is 13.4. The second-order valence-corrected chi connectivity index (χ2v) is 11.4. The highest BCUT2D eigenvalue weighted by Crippen LogP contribution is 2.24. The van der Waals surface area contributed by atoms with Crippen LogP contribution in [0, 0.1) is 5.92 Å². The Morgan fingerprint density at radius 1 is 1.00 bits per heavy atom. The van der Waals surface area contributed by atoms with Crippen LogP contribution in [0.1, 0.15) is 38.2 Å². The molecule has 1 saturated carbocycles. The van der Waals surface area contributed by atoms with Crippen LogP contribution >= 0.6 is 0 Å². The number of hydrogen-bond donors (Lipinski definition) is 2. The molecule has 36 heavy (non-hydrogen) atoms. The van der Waals surface area contributed by atoms with Crippen LogP contribution in [0.15, 0.2) is 63.0 Å². The lowest BCUT2D eigenvalue weighted by Crippen LogP contribution is -2.51. The van der Waals surface area contributed by atoms with Gasteiger partial charge in [0.05, 0.1) is 15.8 Å². The highest BCUT2D eigenvalue weighted by Gasteiger charge is 2.29. The number of nitrogens with zero attached hydrogens (tertiary/aromatic N) is 2. The Kier molecular flexibility index (Phi) is 7.46. The molecule has 2 N–H and O–H groups in total. The zero-order chi connectivity index (χ0) is 26.0. The van der Waals surface area contributed by atoms with Gasteiger partial charge in [-0.1, -0.05) is 37.3 Å². The van der Waals surface area contributed by atoms with E-state index in [-0.39, 0.29) is 28.7 Å². The number of aromatic nitrogens is 2. The van der Waals surface area contributed by atoms with E-state index in [0.717, 1.165) is 35.8 Å². The van der Waals surface area contributed by atoms with E-state index in [1.807, 2.05) is 30.3 Å². The Morgan fingerprint density at radius 3 is 2.33 bits per heavy atom. The topological polar surface area (TPSA) is 119 Å². The average Bonchev–Trinajstić information content (AvgIpc) is 2.87. The summed E-state index contributed by atoms with van der Waals surface area (Å²) in [6, 6.07) is 12.2. The summed E-state index contributed by atoms with van der Waals surface area (Å²) >= 11 is 0. The number of aryl methyl sites for hydroxylation is 1. The Balaban J connectivity index is 1.65. The molecule has 1 amide bonds. The maximum absolute atomic E-state index is 13.4. The fourth-order valence-electron chi connectivity index (χ4n) is 4.74. The van der Waals surface area contributed by atoms with Crippen LogP contribution in [0.5, 0.6) is 0 Å². The number of sulfonamides is 1. The van der Waals surface area contributed by atoms with Crippen molar-refractivity contribution >= 4 is 26.8 Å². The number of carbonyl (C=O) groups is 1. The molecule has 3 aromatic rings. The second-order valence-electron chi connectivity index (χ2n) is 9.71. The molecule has 10 heteroatoms. The lowest BCUT2D eigenvalue weighted by Gasteiger charge is -2.29. The van der Waals surface area contributed by atoms with E-state index in [1.165, 1.54) is 36.9 Å². The molecular formula is C26H32N4O5S. The summed E-state index contributed by atoms with van der Waals surface area (Å²) in [4.78, 5) is 38.0. The second kappa shape index (κ2) is 10.4. The summed E-state index contributed by atoms with van der Waals surface area (Å²) in [5, 5.41) is 3.14. The normalized spacial score (nSPS) is 19.2. The van der Waals surface area contributed by atoms with Crippen molar-refractivity contribution in [2.24, 2.45) is 20.0 Å². The van der Waals surface area contributed by atoms with Crippen molar-refractivity contribution in [3.8, 4) is 0 Å². The molecule has 4 rings (SSSR count). The van der Waals surface area contributed by atoms with E-state index in [1.54, 1.807) is 0 Å². The van der Waals surface area contributed by atoms with Crippen LogP contribution in [0.25, 0.3) is 10.9 Å². The molecule has 1 aliphatic rings. The third kappa shape index (κ3) is 5.44. The van der Waals surface area contributed by atoms with Gasteiger partial charge in [0.15, 0.2) is 0 Å². The van der Waals surface area contributed by atoms with E-state index in [0.29, 0.717) is 11.4 Å². The number of carbonyl (C=O) groups excluding carboxylic acids is 1. The molecule has 1 aliphatic carbocycles. The maximum Gasteiger partial charge on any atom is 0.330 e. The third-order valence-corrected chi connectivity index (χ3v) is 8.48. The lowest BCUT2D eigenvalue weighted by atomic mass is 9.87. The Labute approximate surface area is 210 Å². The van der Waals surface area contributed by atoms with E-state index in [9.17, 15) is 22.8 Å². The van der Waals surface area contributed by atoms with Crippen LogP contribution in [0.4, 0.5) is 0 Å². The molecule has 192 valence electrons. The van der Waals surface area contributed by atoms with Crippen molar-refractivity contribution in [3.63, 3.8) is 0 Å². The van der Waals surface area contributed by atoms with E-state index < -0.39 is 27.3 Å². The fourth-order valence-corrected chi connectivity index (χ4v) is 5.96. The smallest absolute Gasteiger partial charge is 0.330 e. The first kappa shape index (κ1) is 25.8. The number of benzene rings is 2. The standard InChI is InChI=1S/C26H32N4O5S/c1-17-9-11-19(12-10-17)27-24(31)22(15-18-7-5-4-6-8-18)28-36(34,35)20-13-14-23-21(16-20)25(32)30(3)26(33)29(23)2/h4-8,13-14,16-17,19,22,28H,9-12,15H2,1-3H3,(H,27,31). The Hall–Kier alpha value is -3.24. The fraction of sp³-hybridized carbons (Fsp3) is 0.423. The van der Waals surface area contributed by atoms with Crippen LogP contribution < -0.4 is 21.3 Å². The van der Waals surface area contributed by atoms with Crippen molar-refractivity contribution in [1.82, 2.24) is 19.2 Å². The van der Waals surface area contributed by atoms with Crippen LogP contribution in [0.2, 0.25) is 0 Å². The Bertz CT molecular complexity index is 1490. The molecule has 0 bridgehead atoms. The molecule has 9 nitrogen and oxygen atoms in total. The first-order valence-electron chi connectivity index (χ1n) is 12.1. The van der Waals surface area contributed by atoms with E-state index >= 15 is 0 Å². The van der Waals surface area contributed by atoms with Gasteiger partial charge in [-0.25, -0.2) is 13.2 Å². The van der Waals surface area contributed by atoms with Gasteiger partial charge in [0.1, 0.15) is 6.04 Å². The average molecular weight is 513 g/mol. The van der Waals surface area contributed by atoms with Gasteiger partial charge in [0.25, 0.3) is 5.56 Å². The van der Waals surface area contributed by atoms with Crippen molar-refractivity contribution in [1.29, 1.82) is 0 Å². The van der Waals surface area contributed by atoms with Gasteiger partial charge in [-0.05, 0) is 61.8 Å². The zero-order valence-corrected chi connectivity index (χ0v) is 21.5. The SMILES string of the molecule is CC1CCC(NC(=O)C(Cc2ccccc2)NS(=O)(=O)c2ccc3c(c2)c(=O)n(C)c(=O)n3C)CC1. The number of fused-ring (bicyclic) bond motifs is 1. The zero-order valence-electron chi connectivity index (χ0n) is 20.7. The van der Waals surface area contributed by atoms with Crippen molar-refractivity contribution in [2.45, 2.75) is 56.0 Å². The van der Waals surface area contributed by atoms with Gasteiger partial charge < -0.3 is 5.32 Å². The number of rotatable bonds is 7.